The van der Waals surface area contributed by atoms with E-state index in [1.165, 1.54) is 32.2 Å². The third-order valence-electron chi connectivity index (χ3n) is 3.89. The fourth-order valence-electron chi connectivity index (χ4n) is 2.63. The number of hydrogen-bond acceptors (Lipinski definition) is 9. The molecule has 0 radical (unpaired) electrons. The van der Waals surface area contributed by atoms with Crippen molar-refractivity contribution in [2.75, 3.05) is 7.11 Å². The fourth-order valence-corrected chi connectivity index (χ4v) is 3.35. The highest BCUT2D eigenvalue weighted by molar-refractivity contribution is 7.85. The molecule has 0 fully saturated rings. The lowest BCUT2D eigenvalue weighted by molar-refractivity contribution is 0.413. The third kappa shape index (κ3) is 5.59. The molecule has 0 atom stereocenters. The molecular formula is C18H16N2O8S2. The van der Waals surface area contributed by atoms with E-state index >= 15 is 0 Å². The summed E-state index contributed by atoms with van der Waals surface area (Å²) in [7, 11) is -6.13. The largest absolute Gasteiger partial charge is 0.506 e. The van der Waals surface area contributed by atoms with E-state index in [0.29, 0.717) is 11.3 Å². The van der Waals surface area contributed by atoms with Gasteiger partial charge < -0.3 is 9.84 Å². The minimum Gasteiger partial charge on any atom is -0.506 e. The maximum atomic E-state index is 11.4. The van der Waals surface area contributed by atoms with Crippen LogP contribution in [-0.2, 0) is 20.7 Å². The van der Waals surface area contributed by atoms with Crippen LogP contribution in [0.3, 0.4) is 0 Å². The Balaban J connectivity index is 0.000000735. The van der Waals surface area contributed by atoms with Gasteiger partial charge in [0.2, 0.25) is 0 Å². The Hall–Kier alpha value is -3.35. The first kappa shape index (κ1) is 22.9. The third-order valence-corrected chi connectivity index (χ3v) is 4.89. The van der Waals surface area contributed by atoms with Gasteiger partial charge in [-0.15, -0.1) is 22.9 Å². The summed E-state index contributed by atoms with van der Waals surface area (Å²) in [4.78, 5) is -0.263. The summed E-state index contributed by atoms with van der Waals surface area (Å²) in [5.41, 5.74) is 0.857. The molecule has 0 aromatic heterocycles. The average Bonchev–Trinajstić information content (AvgIpc) is 2.66. The van der Waals surface area contributed by atoms with Gasteiger partial charge in [0.1, 0.15) is 27.8 Å². The molecule has 0 bridgehead atoms. The van der Waals surface area contributed by atoms with Gasteiger partial charge in [-0.1, -0.05) is 30.3 Å². The Morgan fingerprint density at radius 3 is 2.23 bits per heavy atom. The van der Waals surface area contributed by atoms with E-state index < -0.39 is 20.7 Å². The summed E-state index contributed by atoms with van der Waals surface area (Å²) in [6, 6.07) is 13.3. The Morgan fingerprint density at radius 2 is 1.63 bits per heavy atom. The number of benzene rings is 3. The first-order chi connectivity index (χ1) is 14.0. The number of nitrogens with zero attached hydrogens (tertiary/aromatic N) is 2. The fraction of sp³-hybridized carbons (Fsp3) is 0.111. The smallest absolute Gasteiger partial charge is 0.425 e. The molecule has 0 aliphatic carbocycles. The van der Waals surface area contributed by atoms with Crippen molar-refractivity contribution < 1.29 is 35.4 Å². The maximum Gasteiger partial charge on any atom is 0.425 e. The first-order valence-electron chi connectivity index (χ1n) is 8.10. The van der Waals surface area contributed by atoms with Crippen LogP contribution in [0.1, 0.15) is 5.56 Å². The van der Waals surface area contributed by atoms with Crippen molar-refractivity contribution in [3.63, 3.8) is 0 Å². The molecule has 0 amide bonds. The average molecular weight is 452 g/mol. The quantitative estimate of drug-likeness (QED) is 0.449. The van der Waals surface area contributed by atoms with E-state index in [1.54, 1.807) is 6.07 Å². The summed E-state index contributed by atoms with van der Waals surface area (Å²) < 4.78 is 62.6. The normalized spacial score (nSPS) is 11.2. The minimum atomic E-state index is -4.38. The van der Waals surface area contributed by atoms with Crippen molar-refractivity contribution in [1.29, 1.82) is 0 Å². The number of methoxy groups -OCH3 is 1. The number of phenols is 1. The molecule has 3 aromatic carbocycles. The van der Waals surface area contributed by atoms with E-state index in [4.69, 9.17) is 17.4 Å². The molecule has 0 aliphatic heterocycles. The Morgan fingerprint density at radius 1 is 1.00 bits per heavy atom. The second-order valence-corrected chi connectivity index (χ2v) is 7.62. The second-order valence-electron chi connectivity index (χ2n) is 5.82. The number of rotatable bonds is 4. The lowest BCUT2D eigenvalue weighted by Crippen LogP contribution is -2.01. The van der Waals surface area contributed by atoms with Crippen molar-refractivity contribution in [2.24, 2.45) is 10.2 Å². The summed E-state index contributed by atoms with van der Waals surface area (Å²) in [5, 5.41) is 20.0. The number of fused-ring (bicyclic) bond motifs is 1. The molecule has 30 heavy (non-hydrogen) atoms. The van der Waals surface area contributed by atoms with E-state index in [1.807, 2.05) is 24.3 Å². The van der Waals surface area contributed by atoms with Crippen LogP contribution < -0.4 is 4.74 Å². The van der Waals surface area contributed by atoms with Gasteiger partial charge in [-0.05, 0) is 30.0 Å². The van der Waals surface area contributed by atoms with Crippen LogP contribution in [0.2, 0.25) is 0 Å². The summed E-state index contributed by atoms with van der Waals surface area (Å²) in [6.07, 6.45) is 0. The zero-order valence-corrected chi connectivity index (χ0v) is 17.3. The molecule has 158 valence electrons. The van der Waals surface area contributed by atoms with Crippen molar-refractivity contribution in [3.8, 4) is 11.5 Å². The van der Waals surface area contributed by atoms with E-state index in [9.17, 15) is 18.1 Å². The lowest BCUT2D eigenvalue weighted by Gasteiger charge is -2.09. The monoisotopic (exact) mass is 452 g/mol. The molecular weight excluding hydrogens is 436 g/mol. The lowest BCUT2D eigenvalue weighted by atomic mass is 10.1. The molecule has 0 unspecified atom stereocenters. The van der Waals surface area contributed by atoms with Crippen molar-refractivity contribution in [2.45, 2.75) is 11.8 Å². The predicted octanol–water partition coefficient (Wildman–Crippen LogP) is 3.52. The zero-order valence-electron chi connectivity index (χ0n) is 15.7. The Labute approximate surface area is 173 Å². The number of ether oxygens (including phenoxy) is 1. The molecule has 12 heteroatoms. The molecule has 0 saturated carbocycles. The van der Waals surface area contributed by atoms with Crippen molar-refractivity contribution in [3.05, 3.63) is 54.1 Å². The number of hydrogen-bond donors (Lipinski definition) is 2. The summed E-state index contributed by atoms with van der Waals surface area (Å²) >= 11 is 0. The molecule has 0 saturated heterocycles. The van der Waals surface area contributed by atoms with Crippen molar-refractivity contribution >= 4 is 42.9 Å². The Bertz CT molecular complexity index is 1330. The van der Waals surface area contributed by atoms with Crippen LogP contribution in [0.25, 0.3) is 10.8 Å². The first-order valence-corrected chi connectivity index (χ1v) is 10.5. The molecule has 2 N–H and O–H groups in total. The van der Waals surface area contributed by atoms with Crippen LogP contribution >= 0.6 is 0 Å². The number of aryl methyl sites for hydroxylation is 1. The van der Waals surface area contributed by atoms with E-state index in [2.05, 4.69) is 10.2 Å². The van der Waals surface area contributed by atoms with Gasteiger partial charge in [0.25, 0.3) is 10.1 Å². The number of aromatic hydroxyl groups is 1. The van der Waals surface area contributed by atoms with Gasteiger partial charge in [-0.25, -0.2) is 0 Å². The standard InChI is InChI=1S/C18H16N2O5S.O3S/c1-11-9-14(16(25-2)10-17(11)26(22,23)24)19-20-18-13-6-4-3-5-12(13)7-8-15(18)21;1-4(2)3/h3-10,21H,1-2H3,(H,22,23,24);. The summed E-state index contributed by atoms with van der Waals surface area (Å²) in [5.74, 6) is 0.101. The topological polar surface area (TPSA) is 160 Å². The molecule has 3 rings (SSSR count). The van der Waals surface area contributed by atoms with Gasteiger partial charge in [-0.2, -0.15) is 8.42 Å². The van der Waals surface area contributed by atoms with E-state index in [0.717, 1.165) is 10.8 Å². The maximum absolute atomic E-state index is 11.4. The molecule has 0 aliphatic rings. The molecule has 3 aromatic rings. The summed E-state index contributed by atoms with van der Waals surface area (Å²) in [6.45, 7) is 1.52. The molecule has 10 nitrogen and oxygen atoms in total. The van der Waals surface area contributed by atoms with Gasteiger partial charge in [0.15, 0.2) is 0 Å². The SMILES string of the molecule is COc1cc(S(=O)(=O)O)c(C)cc1N=Nc1c(O)ccc2ccccc12.O=S(=O)=O. The highest BCUT2D eigenvalue weighted by Gasteiger charge is 2.17. The van der Waals surface area contributed by atoms with Crippen LogP contribution in [0, 0.1) is 6.92 Å². The molecule has 0 heterocycles. The van der Waals surface area contributed by atoms with Gasteiger partial charge in [0.05, 0.1) is 7.11 Å². The van der Waals surface area contributed by atoms with Gasteiger partial charge in [0, 0.05) is 11.5 Å². The Kier molecular flexibility index (Phi) is 7.21. The highest BCUT2D eigenvalue weighted by atomic mass is 32.2. The van der Waals surface area contributed by atoms with Crippen molar-refractivity contribution in [1.82, 2.24) is 0 Å². The van der Waals surface area contributed by atoms with Crippen LogP contribution in [0.15, 0.2) is 63.7 Å². The minimum absolute atomic E-state index is 0.0299. The van der Waals surface area contributed by atoms with Crippen LogP contribution in [0.5, 0.6) is 11.5 Å². The number of azo groups is 1. The number of phenolic OH excluding ortho intramolecular Hbond substituents is 1. The predicted molar refractivity (Wildman–Crippen MR) is 107 cm³/mol. The van der Waals surface area contributed by atoms with E-state index in [-0.39, 0.29) is 22.1 Å². The van der Waals surface area contributed by atoms with Crippen LogP contribution in [0.4, 0.5) is 11.4 Å². The van der Waals surface area contributed by atoms with Gasteiger partial charge >= 0.3 is 10.6 Å². The molecule has 0 spiro atoms. The zero-order chi connectivity index (χ0) is 22.5. The highest BCUT2D eigenvalue weighted by Crippen LogP contribution is 2.38. The van der Waals surface area contributed by atoms with Crippen LogP contribution in [-0.4, -0.2) is 37.8 Å². The second kappa shape index (κ2) is 9.43. The van der Waals surface area contributed by atoms with Gasteiger partial charge in [-0.3, -0.25) is 4.55 Å².